The lowest BCUT2D eigenvalue weighted by atomic mass is 10.2. The third-order valence-corrected chi connectivity index (χ3v) is 2.85. The first kappa shape index (κ1) is 15.0. The van der Waals surface area contributed by atoms with E-state index in [2.05, 4.69) is 10.6 Å². The van der Waals surface area contributed by atoms with Crippen LogP contribution in [0.4, 0.5) is 5.69 Å². The van der Waals surface area contributed by atoms with Gasteiger partial charge in [0.25, 0.3) is 0 Å². The molecule has 0 unspecified atom stereocenters. The lowest BCUT2D eigenvalue weighted by Crippen LogP contribution is -2.29. The predicted octanol–water partition coefficient (Wildman–Crippen LogP) is 2.21. The Kier molecular flexibility index (Phi) is 6.72. The highest BCUT2D eigenvalue weighted by Crippen LogP contribution is 2.19. The molecule has 0 spiro atoms. The molecule has 0 atom stereocenters. The number of aryl methyl sites for hydroxylation is 1. The van der Waals surface area contributed by atoms with Crippen LogP contribution in [0.25, 0.3) is 0 Å². The minimum absolute atomic E-state index is 0.0765. The summed E-state index contributed by atoms with van der Waals surface area (Å²) in [6.07, 6.45) is 0.889. The van der Waals surface area contributed by atoms with Gasteiger partial charge in [0.05, 0.1) is 6.54 Å². The zero-order chi connectivity index (χ0) is 13.4. The second-order valence-corrected chi connectivity index (χ2v) is 4.44. The molecule has 0 aliphatic rings. The molecular formula is C13H19ClN2O2. The van der Waals surface area contributed by atoms with Gasteiger partial charge in [-0.3, -0.25) is 4.79 Å². The van der Waals surface area contributed by atoms with E-state index in [1.54, 1.807) is 13.2 Å². The summed E-state index contributed by atoms with van der Waals surface area (Å²) >= 11 is 5.98. The normalized spacial score (nSPS) is 10.4. The number of hydrogen-bond acceptors (Lipinski definition) is 3. The first-order valence-corrected chi connectivity index (χ1v) is 6.27. The van der Waals surface area contributed by atoms with Gasteiger partial charge in [-0.1, -0.05) is 17.7 Å². The fourth-order valence-corrected chi connectivity index (χ4v) is 1.60. The molecule has 0 aliphatic heterocycles. The molecule has 2 N–H and O–H groups in total. The standard InChI is InChI=1S/C13H19ClN2O2/c1-10-4-5-11(8-12(10)14)16-13(17)9-15-6-3-7-18-2/h4-5,8,15H,3,6-7,9H2,1-2H3,(H,16,17). The van der Waals surface area contributed by atoms with E-state index in [0.29, 0.717) is 17.3 Å². The molecule has 0 aromatic heterocycles. The van der Waals surface area contributed by atoms with E-state index >= 15 is 0 Å². The maximum atomic E-state index is 11.6. The first-order chi connectivity index (χ1) is 8.63. The van der Waals surface area contributed by atoms with Crippen molar-refractivity contribution in [3.63, 3.8) is 0 Å². The number of amides is 1. The van der Waals surface area contributed by atoms with Crippen molar-refractivity contribution in [3.8, 4) is 0 Å². The number of methoxy groups -OCH3 is 1. The highest BCUT2D eigenvalue weighted by molar-refractivity contribution is 6.31. The summed E-state index contributed by atoms with van der Waals surface area (Å²) in [4.78, 5) is 11.6. The van der Waals surface area contributed by atoms with Crippen LogP contribution in [-0.4, -0.2) is 32.7 Å². The molecule has 0 aliphatic carbocycles. The van der Waals surface area contributed by atoms with Gasteiger partial charge >= 0.3 is 0 Å². The first-order valence-electron chi connectivity index (χ1n) is 5.89. The average molecular weight is 271 g/mol. The fourth-order valence-electron chi connectivity index (χ4n) is 1.42. The van der Waals surface area contributed by atoms with Crippen molar-refractivity contribution in [2.24, 2.45) is 0 Å². The van der Waals surface area contributed by atoms with Gasteiger partial charge in [0.1, 0.15) is 0 Å². The lowest BCUT2D eigenvalue weighted by molar-refractivity contribution is -0.115. The van der Waals surface area contributed by atoms with Crippen molar-refractivity contribution < 1.29 is 9.53 Å². The number of anilines is 1. The van der Waals surface area contributed by atoms with Crippen LogP contribution in [0.1, 0.15) is 12.0 Å². The number of carbonyl (C=O) groups is 1. The number of ether oxygens (including phenoxy) is 1. The van der Waals surface area contributed by atoms with E-state index in [1.165, 1.54) is 0 Å². The van der Waals surface area contributed by atoms with E-state index in [4.69, 9.17) is 16.3 Å². The van der Waals surface area contributed by atoms with E-state index in [0.717, 1.165) is 18.5 Å². The summed E-state index contributed by atoms with van der Waals surface area (Å²) < 4.78 is 4.91. The smallest absolute Gasteiger partial charge is 0.238 e. The monoisotopic (exact) mass is 270 g/mol. The molecule has 1 rings (SSSR count). The van der Waals surface area contributed by atoms with Gasteiger partial charge in [-0.15, -0.1) is 0 Å². The van der Waals surface area contributed by atoms with Gasteiger partial charge in [-0.2, -0.15) is 0 Å². The molecule has 0 bridgehead atoms. The van der Waals surface area contributed by atoms with Crippen LogP contribution in [0, 0.1) is 6.92 Å². The number of hydrogen-bond donors (Lipinski definition) is 2. The quantitative estimate of drug-likeness (QED) is 0.747. The fraction of sp³-hybridized carbons (Fsp3) is 0.462. The SMILES string of the molecule is COCCCNCC(=O)Nc1ccc(C)c(Cl)c1. The zero-order valence-corrected chi connectivity index (χ0v) is 11.5. The molecule has 0 saturated carbocycles. The molecule has 4 nitrogen and oxygen atoms in total. The Morgan fingerprint density at radius 1 is 1.44 bits per heavy atom. The molecule has 0 saturated heterocycles. The van der Waals surface area contributed by atoms with Crippen LogP contribution in [0.5, 0.6) is 0 Å². The average Bonchev–Trinajstić information content (AvgIpc) is 2.34. The van der Waals surface area contributed by atoms with Gasteiger partial charge in [0.15, 0.2) is 0 Å². The van der Waals surface area contributed by atoms with Crippen molar-refractivity contribution in [2.75, 3.05) is 32.1 Å². The molecule has 5 heteroatoms. The van der Waals surface area contributed by atoms with Crippen LogP contribution < -0.4 is 10.6 Å². The zero-order valence-electron chi connectivity index (χ0n) is 10.8. The van der Waals surface area contributed by atoms with Crippen molar-refractivity contribution in [2.45, 2.75) is 13.3 Å². The Hall–Kier alpha value is -1.10. The van der Waals surface area contributed by atoms with Gasteiger partial charge in [-0.05, 0) is 37.6 Å². The van der Waals surface area contributed by atoms with Crippen molar-refractivity contribution in [1.29, 1.82) is 0 Å². The molecule has 1 aromatic carbocycles. The van der Waals surface area contributed by atoms with Crippen molar-refractivity contribution in [1.82, 2.24) is 5.32 Å². The molecule has 100 valence electrons. The van der Waals surface area contributed by atoms with Gasteiger partial charge in [0.2, 0.25) is 5.91 Å². The topological polar surface area (TPSA) is 50.4 Å². The van der Waals surface area contributed by atoms with Crippen LogP contribution in [0.15, 0.2) is 18.2 Å². The Morgan fingerprint density at radius 2 is 2.22 bits per heavy atom. The third kappa shape index (κ3) is 5.49. The molecule has 0 radical (unpaired) electrons. The summed E-state index contributed by atoms with van der Waals surface area (Å²) in [5.74, 6) is -0.0765. The number of halogens is 1. The molecule has 1 aromatic rings. The number of nitrogens with one attached hydrogen (secondary N) is 2. The molecule has 0 heterocycles. The highest BCUT2D eigenvalue weighted by Gasteiger charge is 2.03. The molecule has 0 fully saturated rings. The van der Waals surface area contributed by atoms with Crippen LogP contribution in [0.3, 0.4) is 0 Å². The minimum Gasteiger partial charge on any atom is -0.385 e. The van der Waals surface area contributed by atoms with Crippen LogP contribution in [0.2, 0.25) is 5.02 Å². The van der Waals surface area contributed by atoms with Crippen LogP contribution in [-0.2, 0) is 9.53 Å². The Bertz CT molecular complexity index is 397. The highest BCUT2D eigenvalue weighted by atomic mass is 35.5. The molecular weight excluding hydrogens is 252 g/mol. The van der Waals surface area contributed by atoms with E-state index in [9.17, 15) is 4.79 Å². The van der Waals surface area contributed by atoms with E-state index < -0.39 is 0 Å². The van der Waals surface area contributed by atoms with Crippen molar-refractivity contribution >= 4 is 23.2 Å². The number of carbonyl (C=O) groups excluding carboxylic acids is 1. The maximum Gasteiger partial charge on any atom is 0.238 e. The third-order valence-electron chi connectivity index (χ3n) is 2.44. The van der Waals surface area contributed by atoms with Crippen LogP contribution >= 0.6 is 11.6 Å². The maximum absolute atomic E-state index is 11.6. The summed E-state index contributed by atoms with van der Waals surface area (Å²) in [5, 5.41) is 6.48. The lowest BCUT2D eigenvalue weighted by Gasteiger charge is -2.07. The Balaban J connectivity index is 2.29. The second kappa shape index (κ2) is 8.08. The van der Waals surface area contributed by atoms with Crippen molar-refractivity contribution in [3.05, 3.63) is 28.8 Å². The predicted molar refractivity (Wildman–Crippen MR) is 74.2 cm³/mol. The largest absolute Gasteiger partial charge is 0.385 e. The van der Waals surface area contributed by atoms with E-state index in [1.807, 2.05) is 19.1 Å². The molecule has 1 amide bonds. The van der Waals surface area contributed by atoms with Gasteiger partial charge < -0.3 is 15.4 Å². The van der Waals surface area contributed by atoms with E-state index in [-0.39, 0.29) is 12.5 Å². The summed E-state index contributed by atoms with van der Waals surface area (Å²) in [6.45, 7) is 3.67. The second-order valence-electron chi connectivity index (χ2n) is 4.04. The Morgan fingerprint density at radius 3 is 2.89 bits per heavy atom. The van der Waals surface area contributed by atoms with Gasteiger partial charge in [-0.25, -0.2) is 0 Å². The summed E-state index contributed by atoms with van der Waals surface area (Å²) in [7, 11) is 1.66. The summed E-state index contributed by atoms with van der Waals surface area (Å²) in [5.41, 5.74) is 1.71. The minimum atomic E-state index is -0.0765. The summed E-state index contributed by atoms with van der Waals surface area (Å²) in [6, 6.07) is 5.47. The van der Waals surface area contributed by atoms with Gasteiger partial charge in [0, 0.05) is 24.4 Å². The number of rotatable bonds is 7. The number of benzene rings is 1. The Labute approximate surface area is 113 Å². The molecule has 18 heavy (non-hydrogen) atoms.